The third-order valence-electron chi connectivity index (χ3n) is 3.43. The van der Waals surface area contributed by atoms with E-state index < -0.39 is 46.6 Å². The molecule has 1 amide bonds. The number of hydrogen-bond donors (Lipinski definition) is 0. The van der Waals surface area contributed by atoms with E-state index in [2.05, 4.69) is 4.99 Å². The van der Waals surface area contributed by atoms with Crippen LogP contribution < -0.4 is 4.80 Å². The summed E-state index contributed by atoms with van der Waals surface area (Å²) in [5, 5.41) is 0. The molecule has 0 fully saturated rings. The first-order chi connectivity index (χ1) is 12.5. The van der Waals surface area contributed by atoms with E-state index in [0.29, 0.717) is 6.07 Å². The zero-order chi connectivity index (χ0) is 20.4. The number of fused-ring (bicyclic) bond motifs is 1. The van der Waals surface area contributed by atoms with Gasteiger partial charge in [-0.3, -0.25) is 9.59 Å². The van der Waals surface area contributed by atoms with Gasteiger partial charge in [-0.05, 0) is 13.0 Å². The molecule has 1 aromatic heterocycles. The van der Waals surface area contributed by atoms with Gasteiger partial charge in [0.1, 0.15) is 12.4 Å². The van der Waals surface area contributed by atoms with Crippen molar-refractivity contribution in [1.29, 1.82) is 0 Å². The number of amides is 1. The van der Waals surface area contributed by atoms with Crippen LogP contribution in [0.1, 0.15) is 6.92 Å². The Morgan fingerprint density at radius 1 is 1.33 bits per heavy atom. The lowest BCUT2D eigenvalue weighted by Gasteiger charge is -2.10. The molecular formula is C15H17F2N3O5S2. The van der Waals surface area contributed by atoms with Crippen molar-refractivity contribution in [3.05, 3.63) is 28.6 Å². The summed E-state index contributed by atoms with van der Waals surface area (Å²) < 4.78 is 57.4. The highest BCUT2D eigenvalue weighted by Gasteiger charge is 2.18. The summed E-state index contributed by atoms with van der Waals surface area (Å²) in [5.74, 6) is -3.26. The molecule has 0 N–H and O–H groups in total. The number of rotatable bonds is 6. The van der Waals surface area contributed by atoms with Gasteiger partial charge in [0.25, 0.3) is 5.91 Å². The molecule has 0 aliphatic heterocycles. The predicted octanol–water partition coefficient (Wildman–Crippen LogP) is 0.863. The monoisotopic (exact) mass is 421 g/mol. The van der Waals surface area contributed by atoms with E-state index in [9.17, 15) is 26.8 Å². The molecule has 1 aromatic carbocycles. The summed E-state index contributed by atoms with van der Waals surface area (Å²) in [6.07, 6.45) is 0.929. The average molecular weight is 421 g/mol. The molecule has 148 valence electrons. The summed E-state index contributed by atoms with van der Waals surface area (Å²) in [4.78, 5) is 27.6. The second-order valence-electron chi connectivity index (χ2n) is 5.53. The lowest BCUT2D eigenvalue weighted by Crippen LogP contribution is -2.32. The van der Waals surface area contributed by atoms with Crippen molar-refractivity contribution in [2.75, 3.05) is 26.5 Å². The van der Waals surface area contributed by atoms with Crippen LogP contribution in [0.15, 0.2) is 17.1 Å². The van der Waals surface area contributed by atoms with Crippen LogP contribution in [0.25, 0.3) is 10.2 Å². The van der Waals surface area contributed by atoms with Gasteiger partial charge in [-0.1, -0.05) is 11.3 Å². The first-order valence-corrected chi connectivity index (χ1v) is 10.3. The van der Waals surface area contributed by atoms with E-state index >= 15 is 0 Å². The highest BCUT2D eigenvalue weighted by molar-refractivity contribution is 7.88. The standard InChI is InChI=1S/C15H17F2N3O5S2/c1-4-25-13(22)8-20-14-10(17)5-9(16)6-11(14)26-15(20)18-12(21)7-19(2)27(3,23)24/h5-6H,4,7-8H2,1-3H3. The van der Waals surface area contributed by atoms with E-state index in [1.54, 1.807) is 6.92 Å². The number of hydrogen-bond acceptors (Lipinski definition) is 6. The van der Waals surface area contributed by atoms with Gasteiger partial charge in [-0.15, -0.1) is 0 Å². The number of benzene rings is 1. The maximum Gasteiger partial charge on any atom is 0.326 e. The average Bonchev–Trinajstić information content (AvgIpc) is 2.83. The fourth-order valence-corrected chi connectivity index (χ4v) is 3.58. The molecule has 12 heteroatoms. The van der Waals surface area contributed by atoms with Crippen LogP contribution >= 0.6 is 11.3 Å². The highest BCUT2D eigenvalue weighted by Crippen LogP contribution is 2.22. The Kier molecular flexibility index (Phi) is 6.44. The number of nitrogens with zero attached hydrogens (tertiary/aromatic N) is 3. The Morgan fingerprint density at radius 3 is 2.59 bits per heavy atom. The molecule has 27 heavy (non-hydrogen) atoms. The predicted molar refractivity (Wildman–Crippen MR) is 94.4 cm³/mol. The van der Waals surface area contributed by atoms with E-state index in [1.807, 2.05) is 0 Å². The molecule has 0 aliphatic rings. The molecule has 0 spiro atoms. The zero-order valence-corrected chi connectivity index (χ0v) is 16.4. The van der Waals surface area contributed by atoms with Crippen molar-refractivity contribution in [1.82, 2.24) is 8.87 Å². The van der Waals surface area contributed by atoms with E-state index in [1.165, 1.54) is 7.05 Å². The van der Waals surface area contributed by atoms with E-state index in [-0.39, 0.29) is 21.6 Å². The van der Waals surface area contributed by atoms with Gasteiger partial charge in [0.05, 0.1) is 29.6 Å². The van der Waals surface area contributed by atoms with Gasteiger partial charge in [0.15, 0.2) is 10.6 Å². The van der Waals surface area contributed by atoms with Gasteiger partial charge in [0, 0.05) is 13.1 Å². The Bertz CT molecular complexity index is 1060. The first-order valence-electron chi connectivity index (χ1n) is 7.65. The number of esters is 1. The number of carbonyl (C=O) groups excluding carboxylic acids is 2. The Labute approximate surface area is 157 Å². The molecule has 0 saturated heterocycles. The smallest absolute Gasteiger partial charge is 0.326 e. The van der Waals surface area contributed by atoms with Crippen molar-refractivity contribution in [3.63, 3.8) is 0 Å². The third-order valence-corrected chi connectivity index (χ3v) is 5.72. The Morgan fingerprint density at radius 2 is 2.00 bits per heavy atom. The summed E-state index contributed by atoms with van der Waals surface area (Å²) in [6.45, 7) is 0.719. The molecule has 0 bridgehead atoms. The minimum atomic E-state index is -3.60. The van der Waals surface area contributed by atoms with Crippen LogP contribution in [0.3, 0.4) is 0 Å². The molecule has 2 rings (SSSR count). The van der Waals surface area contributed by atoms with Crippen LogP contribution in [0.4, 0.5) is 8.78 Å². The molecule has 2 aromatic rings. The van der Waals surface area contributed by atoms with Crippen LogP contribution in [-0.2, 0) is 30.9 Å². The fraction of sp³-hybridized carbons (Fsp3) is 0.400. The van der Waals surface area contributed by atoms with Crippen molar-refractivity contribution in [2.45, 2.75) is 13.5 Å². The normalized spacial score (nSPS) is 12.7. The lowest BCUT2D eigenvalue weighted by molar-refractivity contribution is -0.143. The van der Waals surface area contributed by atoms with Crippen LogP contribution in [-0.4, -0.2) is 55.6 Å². The van der Waals surface area contributed by atoms with Crippen LogP contribution in [0, 0.1) is 11.6 Å². The third kappa shape index (κ3) is 5.17. The number of halogens is 2. The first kappa shape index (κ1) is 21.1. The molecule has 0 aliphatic carbocycles. The van der Waals surface area contributed by atoms with E-state index in [0.717, 1.165) is 32.5 Å². The molecule has 0 saturated carbocycles. The summed E-state index contributed by atoms with van der Waals surface area (Å²) in [5.41, 5.74) is -0.0996. The molecule has 1 heterocycles. The summed E-state index contributed by atoms with van der Waals surface area (Å²) in [7, 11) is -2.39. The van der Waals surface area contributed by atoms with Gasteiger partial charge < -0.3 is 9.30 Å². The Hall–Kier alpha value is -2.18. The largest absolute Gasteiger partial charge is 0.465 e. The van der Waals surface area contributed by atoms with Gasteiger partial charge >= 0.3 is 5.97 Å². The van der Waals surface area contributed by atoms with Crippen LogP contribution in [0.5, 0.6) is 0 Å². The highest BCUT2D eigenvalue weighted by atomic mass is 32.2. The van der Waals surface area contributed by atoms with Crippen LogP contribution in [0.2, 0.25) is 0 Å². The maximum absolute atomic E-state index is 14.2. The SMILES string of the molecule is CCOC(=O)Cn1c(=NC(=O)CN(C)S(C)(=O)=O)sc2cc(F)cc(F)c21. The van der Waals surface area contributed by atoms with Gasteiger partial charge in [-0.25, -0.2) is 17.2 Å². The fourth-order valence-electron chi connectivity index (χ4n) is 2.15. The number of sulfonamides is 1. The second kappa shape index (κ2) is 8.23. The lowest BCUT2D eigenvalue weighted by atomic mass is 10.3. The second-order valence-corrected chi connectivity index (χ2v) is 8.63. The maximum atomic E-state index is 14.2. The van der Waals surface area contributed by atoms with Gasteiger partial charge in [0.2, 0.25) is 10.0 Å². The van der Waals surface area contributed by atoms with Crippen molar-refractivity contribution in [3.8, 4) is 0 Å². The van der Waals surface area contributed by atoms with Gasteiger partial charge in [-0.2, -0.15) is 9.30 Å². The minimum Gasteiger partial charge on any atom is -0.465 e. The van der Waals surface area contributed by atoms with Crippen molar-refractivity contribution in [2.24, 2.45) is 4.99 Å². The van der Waals surface area contributed by atoms with E-state index in [4.69, 9.17) is 4.74 Å². The molecule has 8 nitrogen and oxygen atoms in total. The molecule has 0 unspecified atom stereocenters. The zero-order valence-electron chi connectivity index (χ0n) is 14.7. The quantitative estimate of drug-likeness (QED) is 0.645. The van der Waals surface area contributed by atoms with Crippen molar-refractivity contribution >= 4 is 43.5 Å². The Balaban J connectivity index is 2.55. The number of likely N-dealkylation sites (N-methyl/N-ethyl adjacent to an activating group) is 1. The minimum absolute atomic E-state index is 0.0746. The molecular weight excluding hydrogens is 404 g/mol. The number of carbonyl (C=O) groups is 2. The summed E-state index contributed by atoms with van der Waals surface area (Å²) in [6, 6.07) is 1.70. The number of aromatic nitrogens is 1. The topological polar surface area (TPSA) is 98.0 Å². The molecule has 0 atom stereocenters. The number of thiazole rings is 1. The van der Waals surface area contributed by atoms with Crippen molar-refractivity contribution < 1.29 is 31.5 Å². The molecule has 0 radical (unpaired) electrons. The summed E-state index contributed by atoms with van der Waals surface area (Å²) >= 11 is 0.795. The number of ether oxygens (including phenoxy) is 1.